The van der Waals surface area contributed by atoms with E-state index in [2.05, 4.69) is 41.0 Å². The third-order valence-corrected chi connectivity index (χ3v) is 6.18. The molecule has 0 aliphatic carbocycles. The van der Waals surface area contributed by atoms with Crippen molar-refractivity contribution < 1.29 is 14.6 Å². The van der Waals surface area contributed by atoms with Crippen LogP contribution in [0, 0.1) is 12.3 Å². The monoisotopic (exact) mass is 461 g/mol. The van der Waals surface area contributed by atoms with Gasteiger partial charge in [0.05, 0.1) is 0 Å². The van der Waals surface area contributed by atoms with E-state index in [0.29, 0.717) is 31.0 Å². The van der Waals surface area contributed by atoms with E-state index < -0.39 is 6.09 Å². The van der Waals surface area contributed by atoms with Gasteiger partial charge in [-0.1, -0.05) is 26.8 Å². The molecule has 2 atom stereocenters. The minimum absolute atomic E-state index is 0.0667. The number of carbonyl (C=O) groups is 1. The summed E-state index contributed by atoms with van der Waals surface area (Å²) >= 11 is 0. The summed E-state index contributed by atoms with van der Waals surface area (Å²) in [6.07, 6.45) is 5.59. The number of benzene rings is 1. The number of aryl methyl sites for hydroxylation is 1. The van der Waals surface area contributed by atoms with Gasteiger partial charge in [0.15, 0.2) is 0 Å². The molecule has 0 spiro atoms. The van der Waals surface area contributed by atoms with Crippen LogP contribution in [0.2, 0.25) is 0 Å². The molecule has 178 valence electrons. The van der Waals surface area contributed by atoms with Crippen LogP contribution >= 0.6 is 0 Å². The number of ether oxygens (including phenoxy) is 1. The molecular formula is C26H31N5O3. The van der Waals surface area contributed by atoms with Crippen LogP contribution < -0.4 is 10.1 Å². The zero-order chi connectivity index (χ0) is 24.3. The van der Waals surface area contributed by atoms with Crippen molar-refractivity contribution in [3.8, 4) is 11.6 Å². The number of nitrogens with zero attached hydrogens (tertiary/aromatic N) is 4. The van der Waals surface area contributed by atoms with Gasteiger partial charge in [0, 0.05) is 42.8 Å². The number of amides is 1. The summed E-state index contributed by atoms with van der Waals surface area (Å²) in [5.74, 6) is 1.96. The first-order valence-corrected chi connectivity index (χ1v) is 11.5. The van der Waals surface area contributed by atoms with Gasteiger partial charge in [-0.3, -0.25) is 4.98 Å². The first-order chi connectivity index (χ1) is 16.2. The fourth-order valence-electron chi connectivity index (χ4n) is 4.37. The molecule has 1 fully saturated rings. The minimum Gasteiger partial charge on any atom is -0.465 e. The van der Waals surface area contributed by atoms with Crippen LogP contribution in [0.4, 0.5) is 16.3 Å². The maximum absolute atomic E-state index is 11.8. The van der Waals surface area contributed by atoms with Gasteiger partial charge in [0.1, 0.15) is 17.3 Å². The lowest BCUT2D eigenvalue weighted by Crippen LogP contribution is -2.51. The second kappa shape index (κ2) is 9.67. The van der Waals surface area contributed by atoms with E-state index in [1.807, 2.05) is 49.5 Å². The Morgan fingerprint density at radius 2 is 1.82 bits per heavy atom. The number of pyridine rings is 1. The van der Waals surface area contributed by atoms with Crippen LogP contribution in [0.5, 0.6) is 11.6 Å². The van der Waals surface area contributed by atoms with E-state index in [0.717, 1.165) is 22.8 Å². The van der Waals surface area contributed by atoms with E-state index in [1.165, 1.54) is 0 Å². The highest BCUT2D eigenvalue weighted by Crippen LogP contribution is 2.41. The number of rotatable bonds is 5. The van der Waals surface area contributed by atoms with Gasteiger partial charge >= 0.3 is 6.09 Å². The average Bonchev–Trinajstić information content (AvgIpc) is 2.81. The summed E-state index contributed by atoms with van der Waals surface area (Å²) < 4.78 is 6.13. The highest BCUT2D eigenvalue weighted by atomic mass is 16.5. The molecule has 3 aromatic rings. The molecular weight excluding hydrogens is 430 g/mol. The van der Waals surface area contributed by atoms with Gasteiger partial charge in [0.2, 0.25) is 5.88 Å². The molecule has 1 saturated heterocycles. The largest absolute Gasteiger partial charge is 0.465 e. The molecule has 1 aliphatic rings. The van der Waals surface area contributed by atoms with Crippen LogP contribution in [-0.2, 0) is 0 Å². The number of anilines is 2. The van der Waals surface area contributed by atoms with Crippen LogP contribution in [-0.4, -0.2) is 43.6 Å². The van der Waals surface area contributed by atoms with Crippen LogP contribution in [0.3, 0.4) is 0 Å². The Balaban J connectivity index is 1.49. The van der Waals surface area contributed by atoms with Crippen molar-refractivity contribution in [2.75, 3.05) is 11.9 Å². The van der Waals surface area contributed by atoms with E-state index in [9.17, 15) is 9.90 Å². The third kappa shape index (κ3) is 5.44. The molecule has 1 aromatic carbocycles. The lowest BCUT2D eigenvalue weighted by atomic mass is 9.76. The maximum Gasteiger partial charge on any atom is 0.407 e. The number of hydrogen-bond acceptors (Lipinski definition) is 6. The molecule has 8 heteroatoms. The van der Waals surface area contributed by atoms with Gasteiger partial charge in [-0.2, -0.15) is 0 Å². The van der Waals surface area contributed by atoms with Crippen LogP contribution in [0.1, 0.15) is 50.8 Å². The molecule has 2 unspecified atom stereocenters. The van der Waals surface area contributed by atoms with Crippen molar-refractivity contribution in [3.05, 3.63) is 66.2 Å². The van der Waals surface area contributed by atoms with E-state index >= 15 is 0 Å². The second-order valence-electron chi connectivity index (χ2n) is 9.80. The summed E-state index contributed by atoms with van der Waals surface area (Å²) in [5, 5.41) is 12.9. The smallest absolute Gasteiger partial charge is 0.407 e. The quantitative estimate of drug-likeness (QED) is 0.481. The Bertz CT molecular complexity index is 1130. The summed E-state index contributed by atoms with van der Waals surface area (Å²) in [7, 11) is 0. The van der Waals surface area contributed by atoms with Gasteiger partial charge in [0.25, 0.3) is 0 Å². The first kappa shape index (κ1) is 23.5. The Morgan fingerprint density at radius 3 is 2.47 bits per heavy atom. The van der Waals surface area contributed by atoms with Crippen molar-refractivity contribution in [2.24, 2.45) is 5.41 Å². The fraction of sp³-hybridized carbons (Fsp3) is 0.385. The van der Waals surface area contributed by atoms with Crippen LogP contribution in [0.15, 0.2) is 55.0 Å². The summed E-state index contributed by atoms with van der Waals surface area (Å²) in [6, 6.07) is 11.4. The van der Waals surface area contributed by atoms with Crippen molar-refractivity contribution >= 4 is 17.6 Å². The number of likely N-dealkylation sites (tertiary alicyclic amines) is 1. The summed E-state index contributed by atoms with van der Waals surface area (Å²) in [4.78, 5) is 26.7. The number of carboxylic acid groups (broad SMARTS) is 1. The van der Waals surface area contributed by atoms with Gasteiger partial charge in [-0.05, 0) is 61.1 Å². The molecule has 4 rings (SSSR count). The highest BCUT2D eigenvalue weighted by molar-refractivity contribution is 5.66. The van der Waals surface area contributed by atoms with Crippen molar-refractivity contribution in [2.45, 2.75) is 52.5 Å². The average molecular weight is 462 g/mol. The number of hydrogen-bond donors (Lipinski definition) is 2. The number of aromatic nitrogens is 3. The first-order valence-electron chi connectivity index (χ1n) is 11.5. The molecule has 1 aliphatic heterocycles. The topological polar surface area (TPSA) is 100 Å². The molecule has 2 aromatic heterocycles. The molecule has 8 nitrogen and oxygen atoms in total. The van der Waals surface area contributed by atoms with Gasteiger partial charge in [-0.25, -0.2) is 14.8 Å². The molecule has 0 saturated carbocycles. The van der Waals surface area contributed by atoms with E-state index in [4.69, 9.17) is 4.74 Å². The zero-order valence-corrected chi connectivity index (χ0v) is 20.0. The Kier molecular flexibility index (Phi) is 6.68. The molecule has 0 bridgehead atoms. The van der Waals surface area contributed by atoms with Crippen LogP contribution in [0.25, 0.3) is 0 Å². The van der Waals surface area contributed by atoms with Crippen molar-refractivity contribution in [1.29, 1.82) is 0 Å². The lowest BCUT2D eigenvalue weighted by molar-refractivity contribution is 0.0518. The SMILES string of the molecule is Cc1ccc(Nc2ccc(Oc3nccnc3C3CCN(C(=O)O)C(C(C)(C)C)C3)cc2)nc1. The second-order valence-corrected chi connectivity index (χ2v) is 9.80. The van der Waals surface area contributed by atoms with Gasteiger partial charge in [-0.15, -0.1) is 0 Å². The summed E-state index contributed by atoms with van der Waals surface area (Å²) in [5.41, 5.74) is 2.59. The molecule has 2 N–H and O–H groups in total. The van der Waals surface area contributed by atoms with Crippen molar-refractivity contribution in [3.63, 3.8) is 0 Å². The minimum atomic E-state index is -0.872. The fourth-order valence-corrected chi connectivity index (χ4v) is 4.37. The predicted molar refractivity (Wildman–Crippen MR) is 131 cm³/mol. The highest BCUT2D eigenvalue weighted by Gasteiger charge is 2.40. The zero-order valence-electron chi connectivity index (χ0n) is 20.0. The van der Waals surface area contributed by atoms with E-state index in [-0.39, 0.29) is 17.4 Å². The predicted octanol–water partition coefficient (Wildman–Crippen LogP) is 5.99. The third-order valence-electron chi connectivity index (χ3n) is 6.18. The Hall–Kier alpha value is -3.68. The molecule has 3 heterocycles. The maximum atomic E-state index is 11.8. The normalized spacial score (nSPS) is 18.4. The number of nitrogens with one attached hydrogen (secondary N) is 1. The van der Waals surface area contributed by atoms with Gasteiger partial charge < -0.3 is 20.1 Å². The number of piperidine rings is 1. The molecule has 1 amide bonds. The Labute approximate surface area is 200 Å². The summed E-state index contributed by atoms with van der Waals surface area (Å²) in [6.45, 7) is 8.69. The van der Waals surface area contributed by atoms with Crippen molar-refractivity contribution in [1.82, 2.24) is 19.9 Å². The van der Waals surface area contributed by atoms with E-state index in [1.54, 1.807) is 17.3 Å². The molecule has 0 radical (unpaired) electrons. The molecule has 34 heavy (non-hydrogen) atoms. The standard InChI is InChI=1S/C26H31N5O3/c1-17-5-10-22(29-16-17)30-19-6-8-20(9-7-19)34-24-23(27-12-13-28-24)18-11-14-31(25(32)33)21(15-18)26(2,3)4/h5-10,12-13,16,18,21H,11,14-15H2,1-4H3,(H,29,30)(H,32,33). The Morgan fingerprint density at radius 1 is 1.09 bits per heavy atom. The lowest BCUT2D eigenvalue weighted by Gasteiger charge is -2.44.